The van der Waals surface area contributed by atoms with E-state index in [1.165, 1.54) is 0 Å². The molecule has 6 rings (SSSR count). The van der Waals surface area contributed by atoms with Crippen molar-refractivity contribution < 1.29 is 48.0 Å². The van der Waals surface area contributed by atoms with Gasteiger partial charge in [0.05, 0.1) is 20.1 Å². The number of piperidine rings is 1. The number of esters is 1. The van der Waals surface area contributed by atoms with Crippen LogP contribution in [0.5, 0.6) is 28.7 Å². The van der Waals surface area contributed by atoms with E-state index in [0.29, 0.717) is 53.6 Å². The van der Waals surface area contributed by atoms with Gasteiger partial charge in [-0.25, -0.2) is 9.59 Å². The molecule has 2 aromatic carbocycles. The van der Waals surface area contributed by atoms with E-state index in [4.69, 9.17) is 33.2 Å². The van der Waals surface area contributed by atoms with Gasteiger partial charge in [0.15, 0.2) is 11.5 Å². The maximum Gasteiger partial charge on any atom is 0.408 e. The average Bonchev–Trinajstić information content (AvgIpc) is 3.50. The van der Waals surface area contributed by atoms with E-state index >= 15 is 0 Å². The minimum Gasteiger partial charge on any atom is -0.493 e. The van der Waals surface area contributed by atoms with Crippen molar-refractivity contribution in [2.75, 3.05) is 20.8 Å². The summed E-state index contributed by atoms with van der Waals surface area (Å²) in [5.41, 5.74) is 1.75. The summed E-state index contributed by atoms with van der Waals surface area (Å²) >= 11 is 0. The number of alkyl carbamates (subject to hydrolysis) is 1. The van der Waals surface area contributed by atoms with Gasteiger partial charge in [-0.05, 0) is 64.3 Å². The molecule has 4 aliphatic rings. The predicted octanol–water partition coefficient (Wildman–Crippen LogP) is 6.22. The maximum atomic E-state index is 14.2. The van der Waals surface area contributed by atoms with Crippen molar-refractivity contribution in [2.24, 2.45) is 5.92 Å². The third-order valence-corrected chi connectivity index (χ3v) is 10.3. The summed E-state index contributed by atoms with van der Waals surface area (Å²) < 4.78 is 42.5. The summed E-state index contributed by atoms with van der Waals surface area (Å²) in [7, 11) is 3.11. The number of carbonyl (C=O) groups is 2. The Hall–Kier alpha value is -4.16. The van der Waals surface area contributed by atoms with Gasteiger partial charge in [-0.15, -0.1) is 10.3 Å². The summed E-state index contributed by atoms with van der Waals surface area (Å²) in [5, 5.41) is 16.7. The summed E-state index contributed by atoms with van der Waals surface area (Å²) in [6.07, 6.45) is -1.48. The Kier molecular flexibility index (Phi) is 9.40. The van der Waals surface area contributed by atoms with Gasteiger partial charge in [-0.2, -0.15) is 0 Å². The summed E-state index contributed by atoms with van der Waals surface area (Å²) in [5.74, 6) is 1.44. The molecule has 2 aromatic rings. The second kappa shape index (κ2) is 13.2. The Labute approximate surface area is 293 Å². The Bertz CT molecular complexity index is 1650. The van der Waals surface area contributed by atoms with Crippen LogP contribution in [0.15, 0.2) is 36.4 Å². The highest BCUT2D eigenvalue weighted by molar-refractivity contribution is 5.82. The predicted molar refractivity (Wildman–Crippen MR) is 182 cm³/mol. The van der Waals surface area contributed by atoms with E-state index in [2.05, 4.69) is 11.9 Å². The van der Waals surface area contributed by atoms with Gasteiger partial charge in [0, 0.05) is 53.1 Å². The molecule has 1 N–H and O–H groups in total. The number of hydroxylamine groups is 2. The van der Waals surface area contributed by atoms with Crippen LogP contribution in [0.3, 0.4) is 0 Å². The van der Waals surface area contributed by atoms with Crippen LogP contribution in [-0.2, 0) is 25.9 Å². The van der Waals surface area contributed by atoms with E-state index < -0.39 is 53.4 Å². The summed E-state index contributed by atoms with van der Waals surface area (Å²) in [4.78, 5) is 27.6. The van der Waals surface area contributed by atoms with E-state index in [0.717, 1.165) is 21.8 Å². The van der Waals surface area contributed by atoms with Crippen LogP contribution in [0.2, 0.25) is 0 Å². The van der Waals surface area contributed by atoms with Gasteiger partial charge < -0.3 is 38.5 Å². The van der Waals surface area contributed by atoms with Gasteiger partial charge in [-0.1, -0.05) is 20.4 Å². The SMILES string of the molecule is C=C(C)[C@H]1Cc2c(ccc3c2O[C@@H]2COc4cc(OC)c(OC)cc4[C@@H]2[C@@H]3OC(=O)[C@@H](NC(=O)OC2CC(C)(C)N([O])C(C)(C)C2)C(C)C)O1. The molecule has 5 atom stereocenters. The molecule has 12 heteroatoms. The number of methoxy groups -OCH3 is 2. The van der Waals surface area contributed by atoms with E-state index in [1.807, 2.05) is 66.7 Å². The maximum absolute atomic E-state index is 14.2. The van der Waals surface area contributed by atoms with E-state index in [1.54, 1.807) is 20.3 Å². The molecular formula is C38H49N2O10. The third kappa shape index (κ3) is 6.43. The summed E-state index contributed by atoms with van der Waals surface area (Å²) in [6, 6.07) is 6.32. The first-order valence-electron chi connectivity index (χ1n) is 17.2. The second-order valence-electron chi connectivity index (χ2n) is 15.4. The van der Waals surface area contributed by atoms with Crippen LogP contribution in [0.4, 0.5) is 4.79 Å². The van der Waals surface area contributed by atoms with Gasteiger partial charge in [0.2, 0.25) is 0 Å². The largest absolute Gasteiger partial charge is 0.493 e. The fraction of sp³-hybridized carbons (Fsp3) is 0.579. The normalized spacial score (nSPS) is 25.3. The Morgan fingerprint density at radius 3 is 2.24 bits per heavy atom. The molecule has 50 heavy (non-hydrogen) atoms. The summed E-state index contributed by atoms with van der Waals surface area (Å²) in [6.45, 7) is 17.2. The molecule has 1 fully saturated rings. The smallest absolute Gasteiger partial charge is 0.408 e. The Morgan fingerprint density at radius 1 is 0.960 bits per heavy atom. The first-order chi connectivity index (χ1) is 23.5. The zero-order valence-electron chi connectivity index (χ0n) is 30.4. The van der Waals surface area contributed by atoms with E-state index in [-0.39, 0.29) is 18.6 Å². The van der Waals surface area contributed by atoms with Gasteiger partial charge in [-0.3, -0.25) is 0 Å². The average molecular weight is 694 g/mol. The monoisotopic (exact) mass is 693 g/mol. The molecular weight excluding hydrogens is 644 g/mol. The highest BCUT2D eigenvalue weighted by atomic mass is 16.6. The van der Waals surface area contributed by atoms with Gasteiger partial charge in [0.25, 0.3) is 0 Å². The number of rotatable bonds is 8. The first-order valence-corrected chi connectivity index (χ1v) is 17.2. The molecule has 1 saturated heterocycles. The lowest BCUT2D eigenvalue weighted by Crippen LogP contribution is -2.60. The molecule has 0 spiro atoms. The van der Waals surface area contributed by atoms with Crippen molar-refractivity contribution in [2.45, 2.75) is 115 Å². The number of ether oxygens (including phenoxy) is 7. The molecule has 0 unspecified atom stereocenters. The lowest BCUT2D eigenvalue weighted by molar-refractivity contribution is -0.298. The van der Waals surface area contributed by atoms with Crippen LogP contribution in [0.25, 0.3) is 0 Å². The van der Waals surface area contributed by atoms with Crippen molar-refractivity contribution in [1.82, 2.24) is 10.4 Å². The topological polar surface area (TPSA) is 134 Å². The number of nitrogens with zero attached hydrogens (tertiary/aromatic N) is 1. The van der Waals surface area contributed by atoms with Crippen molar-refractivity contribution in [3.63, 3.8) is 0 Å². The molecule has 0 aliphatic carbocycles. The van der Waals surface area contributed by atoms with Crippen molar-refractivity contribution in [3.8, 4) is 28.7 Å². The van der Waals surface area contributed by atoms with Crippen LogP contribution < -0.4 is 29.0 Å². The lowest BCUT2D eigenvalue weighted by Gasteiger charge is -2.49. The third-order valence-electron chi connectivity index (χ3n) is 10.3. The zero-order valence-corrected chi connectivity index (χ0v) is 30.4. The Morgan fingerprint density at radius 2 is 1.62 bits per heavy atom. The number of benzene rings is 2. The van der Waals surface area contributed by atoms with Crippen LogP contribution in [0.1, 0.15) is 90.0 Å². The molecule has 0 bridgehead atoms. The molecule has 4 aliphatic heterocycles. The van der Waals surface area contributed by atoms with Crippen molar-refractivity contribution >= 4 is 12.1 Å². The van der Waals surface area contributed by atoms with Crippen molar-refractivity contribution in [1.29, 1.82) is 0 Å². The first kappa shape index (κ1) is 35.7. The molecule has 4 heterocycles. The second-order valence-corrected chi connectivity index (χ2v) is 15.4. The van der Waals surface area contributed by atoms with E-state index in [9.17, 15) is 14.8 Å². The molecule has 12 nitrogen and oxygen atoms in total. The molecule has 0 saturated carbocycles. The minimum atomic E-state index is -1.02. The number of hydrogen-bond acceptors (Lipinski definition) is 10. The van der Waals surface area contributed by atoms with Crippen LogP contribution in [0, 0.1) is 5.92 Å². The zero-order chi connectivity index (χ0) is 36.3. The highest BCUT2D eigenvalue weighted by Gasteiger charge is 2.50. The van der Waals surface area contributed by atoms with Gasteiger partial charge in [0.1, 0.15) is 54.3 Å². The number of amides is 1. The number of nitrogens with one attached hydrogen (secondary N) is 1. The van der Waals surface area contributed by atoms with Crippen molar-refractivity contribution in [3.05, 3.63) is 53.1 Å². The van der Waals surface area contributed by atoms with Crippen LogP contribution >= 0.6 is 0 Å². The Balaban J connectivity index is 1.31. The molecule has 1 amide bonds. The number of hydrogen-bond donors (Lipinski definition) is 1. The molecule has 271 valence electrons. The fourth-order valence-electron chi connectivity index (χ4n) is 7.90. The standard InChI is InChI=1S/C38H49N2O10/c1-19(2)26-14-24-25(48-26)12-11-22-33(24)49-30-18-46-27-15-29(45-10)28(44-9)13-23(27)31(30)34(22)50-35(41)32(20(3)4)39-36(42)47-21-16-37(5,6)40(43)38(7,8)17-21/h11-13,15,20-21,26,30-32,34H,1,14,16-18H2,2-10H3,(H,39,42)/t26-,30-,31+,32+,34-/m1/s1. The minimum absolute atomic E-state index is 0.197. The van der Waals surface area contributed by atoms with Gasteiger partial charge >= 0.3 is 12.1 Å². The highest BCUT2D eigenvalue weighted by Crippen LogP contribution is 2.55. The molecule has 0 aromatic heterocycles. The fourth-order valence-corrected chi connectivity index (χ4v) is 7.90. The number of fused-ring (bicyclic) bond motifs is 6. The lowest BCUT2D eigenvalue weighted by atomic mass is 9.79. The number of carbonyl (C=O) groups excluding carboxylic acids is 2. The van der Waals surface area contributed by atoms with Crippen LogP contribution in [-0.4, -0.2) is 73.4 Å². The quantitative estimate of drug-likeness (QED) is 0.251. The molecule has 1 radical (unpaired) electrons.